The highest BCUT2D eigenvalue weighted by molar-refractivity contribution is 8.00. The molecule has 4 nitrogen and oxygen atoms in total. The molecule has 1 aromatic rings. The first-order chi connectivity index (χ1) is 9.92. The highest BCUT2D eigenvalue weighted by atomic mass is 32.2. The van der Waals surface area contributed by atoms with E-state index in [-0.39, 0.29) is 4.75 Å². The summed E-state index contributed by atoms with van der Waals surface area (Å²) >= 11 is 1.77. The summed E-state index contributed by atoms with van der Waals surface area (Å²) in [5, 5.41) is 3.05. The van der Waals surface area contributed by atoms with Crippen LogP contribution in [0.2, 0.25) is 0 Å². The average Bonchev–Trinajstić information content (AvgIpc) is 2.40. The predicted octanol–water partition coefficient (Wildman–Crippen LogP) is 2.28. The first-order valence-corrected chi connectivity index (χ1v) is 9.92. The van der Waals surface area contributed by atoms with Crippen LogP contribution in [-0.4, -0.2) is 33.0 Å². The van der Waals surface area contributed by atoms with Crippen molar-refractivity contribution in [1.82, 2.24) is 10.0 Å². The molecule has 1 aliphatic carbocycles. The minimum atomic E-state index is -3.44. The van der Waals surface area contributed by atoms with E-state index in [1.165, 1.54) is 6.42 Å². The number of rotatable bonds is 7. The molecule has 1 saturated carbocycles. The van der Waals surface area contributed by atoms with Gasteiger partial charge in [-0.25, -0.2) is 13.1 Å². The van der Waals surface area contributed by atoms with Gasteiger partial charge in [0, 0.05) is 17.8 Å². The molecule has 6 heteroatoms. The van der Waals surface area contributed by atoms with E-state index in [0.717, 1.165) is 24.0 Å². The van der Waals surface area contributed by atoms with Gasteiger partial charge in [0.2, 0.25) is 10.0 Å². The van der Waals surface area contributed by atoms with E-state index in [2.05, 4.69) is 16.3 Å². The molecule has 21 heavy (non-hydrogen) atoms. The van der Waals surface area contributed by atoms with Crippen LogP contribution in [0.15, 0.2) is 23.1 Å². The molecule has 2 N–H and O–H groups in total. The fourth-order valence-corrected chi connectivity index (χ4v) is 5.00. The summed E-state index contributed by atoms with van der Waals surface area (Å²) in [5.74, 6) is 0. The molecule has 0 aliphatic heterocycles. The molecular weight excluding hydrogens is 304 g/mol. The Hall–Kier alpha value is -0.560. The van der Waals surface area contributed by atoms with Crippen molar-refractivity contribution in [1.29, 1.82) is 0 Å². The van der Waals surface area contributed by atoms with Gasteiger partial charge in [-0.1, -0.05) is 18.6 Å². The van der Waals surface area contributed by atoms with E-state index >= 15 is 0 Å². The predicted molar refractivity (Wildman–Crippen MR) is 89.2 cm³/mol. The zero-order chi connectivity index (χ0) is 15.5. The molecule has 0 aromatic heterocycles. The van der Waals surface area contributed by atoms with Crippen LogP contribution in [0.1, 0.15) is 30.4 Å². The summed E-state index contributed by atoms with van der Waals surface area (Å²) in [5.41, 5.74) is 1.76. The lowest BCUT2D eigenvalue weighted by atomic mass is 9.84. The molecule has 0 saturated heterocycles. The maximum atomic E-state index is 12.6. The van der Waals surface area contributed by atoms with Crippen LogP contribution >= 0.6 is 11.8 Å². The molecule has 0 spiro atoms. The number of aryl methyl sites for hydroxylation is 1. The normalized spacial score (nSPS) is 17.5. The van der Waals surface area contributed by atoms with Gasteiger partial charge in [0.1, 0.15) is 0 Å². The van der Waals surface area contributed by atoms with Crippen molar-refractivity contribution >= 4 is 21.8 Å². The maximum absolute atomic E-state index is 12.6. The van der Waals surface area contributed by atoms with Crippen LogP contribution in [0.4, 0.5) is 0 Å². The van der Waals surface area contributed by atoms with E-state index in [4.69, 9.17) is 0 Å². The highest BCUT2D eigenvalue weighted by Gasteiger charge is 2.37. The number of hydrogen-bond acceptors (Lipinski definition) is 4. The number of sulfonamides is 1. The lowest BCUT2D eigenvalue weighted by Crippen LogP contribution is -2.45. The Balaban J connectivity index is 2.17. The second kappa shape index (κ2) is 6.69. The Morgan fingerprint density at radius 3 is 2.57 bits per heavy atom. The Bertz CT molecular complexity index is 590. The average molecular weight is 329 g/mol. The van der Waals surface area contributed by atoms with Crippen LogP contribution in [0.5, 0.6) is 0 Å². The van der Waals surface area contributed by atoms with Gasteiger partial charge in [-0.3, -0.25) is 0 Å². The Labute approximate surface area is 132 Å². The van der Waals surface area contributed by atoms with E-state index < -0.39 is 10.0 Å². The number of thioether (sulfide) groups is 1. The third-order valence-electron chi connectivity index (χ3n) is 4.21. The van der Waals surface area contributed by atoms with Gasteiger partial charge in [0.05, 0.1) is 4.90 Å². The monoisotopic (exact) mass is 328 g/mol. The smallest absolute Gasteiger partial charge is 0.240 e. The zero-order valence-electron chi connectivity index (χ0n) is 12.9. The number of nitrogens with one attached hydrogen (secondary N) is 2. The molecule has 118 valence electrons. The van der Waals surface area contributed by atoms with Crippen molar-refractivity contribution in [3.63, 3.8) is 0 Å². The lowest BCUT2D eigenvalue weighted by Gasteiger charge is -2.40. The number of hydrogen-bond donors (Lipinski definition) is 2. The molecule has 2 rings (SSSR count). The largest absolute Gasteiger partial charge is 0.316 e. The van der Waals surface area contributed by atoms with Crippen molar-refractivity contribution in [2.45, 2.75) is 42.4 Å². The van der Waals surface area contributed by atoms with E-state index in [9.17, 15) is 8.42 Å². The van der Waals surface area contributed by atoms with Crippen molar-refractivity contribution in [2.75, 3.05) is 19.8 Å². The first-order valence-electron chi connectivity index (χ1n) is 7.21. The van der Waals surface area contributed by atoms with Gasteiger partial charge in [-0.15, -0.1) is 0 Å². The van der Waals surface area contributed by atoms with Crippen molar-refractivity contribution in [3.05, 3.63) is 29.3 Å². The van der Waals surface area contributed by atoms with E-state index in [1.807, 2.05) is 26.1 Å². The molecule has 0 amide bonds. The van der Waals surface area contributed by atoms with Gasteiger partial charge >= 0.3 is 0 Å². The molecule has 0 bridgehead atoms. The van der Waals surface area contributed by atoms with Crippen LogP contribution in [0.25, 0.3) is 0 Å². The minimum absolute atomic E-state index is 0.101. The van der Waals surface area contributed by atoms with Crippen LogP contribution < -0.4 is 10.0 Å². The molecule has 0 unspecified atom stereocenters. The summed E-state index contributed by atoms with van der Waals surface area (Å²) in [6, 6.07) is 5.59. The zero-order valence-corrected chi connectivity index (χ0v) is 14.5. The lowest BCUT2D eigenvalue weighted by molar-refractivity contribution is 0.362. The van der Waals surface area contributed by atoms with Crippen LogP contribution in [0.3, 0.4) is 0 Å². The fourth-order valence-electron chi connectivity index (χ4n) is 2.58. The van der Waals surface area contributed by atoms with Gasteiger partial charge in [0.25, 0.3) is 0 Å². The molecule has 1 aliphatic rings. The summed E-state index contributed by atoms with van der Waals surface area (Å²) in [6.45, 7) is 3.02. The Kier molecular flexibility index (Phi) is 5.35. The van der Waals surface area contributed by atoms with Gasteiger partial charge in [-0.05, 0) is 50.3 Å². The Morgan fingerprint density at radius 2 is 2.05 bits per heavy atom. The van der Waals surface area contributed by atoms with E-state index in [1.54, 1.807) is 17.8 Å². The van der Waals surface area contributed by atoms with Crippen molar-refractivity contribution in [2.24, 2.45) is 0 Å². The topological polar surface area (TPSA) is 58.2 Å². The third kappa shape index (κ3) is 3.80. The van der Waals surface area contributed by atoms with Gasteiger partial charge < -0.3 is 5.32 Å². The molecule has 0 atom stereocenters. The van der Waals surface area contributed by atoms with Crippen LogP contribution in [-0.2, 0) is 16.6 Å². The summed E-state index contributed by atoms with van der Waals surface area (Å²) in [7, 11) is -1.59. The quantitative estimate of drug-likeness (QED) is 0.806. The minimum Gasteiger partial charge on any atom is -0.316 e. The summed E-state index contributed by atoms with van der Waals surface area (Å²) < 4.78 is 28.1. The summed E-state index contributed by atoms with van der Waals surface area (Å²) in [6.07, 6.45) is 5.44. The first kappa shape index (κ1) is 16.8. The van der Waals surface area contributed by atoms with E-state index in [0.29, 0.717) is 18.0 Å². The third-order valence-corrected chi connectivity index (χ3v) is 7.17. The molecule has 1 aromatic carbocycles. The fraction of sp³-hybridized carbons (Fsp3) is 0.600. The Morgan fingerprint density at radius 1 is 1.33 bits per heavy atom. The van der Waals surface area contributed by atoms with Crippen LogP contribution in [0, 0.1) is 6.92 Å². The van der Waals surface area contributed by atoms with Crippen molar-refractivity contribution < 1.29 is 8.42 Å². The SMILES string of the molecule is CNCc1ccc(C)c(S(=O)(=O)NCC2(SC)CCC2)c1. The standard InChI is InChI=1S/C15H24N2O2S2/c1-12-5-6-13(10-16-2)9-14(12)21(18,19)17-11-15(20-3)7-4-8-15/h5-6,9,16-17H,4,7-8,10-11H2,1-3H3. The molecule has 1 fully saturated rings. The second-order valence-electron chi connectivity index (χ2n) is 5.70. The second-order valence-corrected chi connectivity index (χ2v) is 8.71. The molecule has 0 radical (unpaired) electrons. The maximum Gasteiger partial charge on any atom is 0.240 e. The molecule has 0 heterocycles. The van der Waals surface area contributed by atoms with Crippen molar-refractivity contribution in [3.8, 4) is 0 Å². The highest BCUT2D eigenvalue weighted by Crippen LogP contribution is 2.42. The van der Waals surface area contributed by atoms with Gasteiger partial charge in [-0.2, -0.15) is 11.8 Å². The summed E-state index contributed by atoms with van der Waals surface area (Å²) in [4.78, 5) is 0.394. The number of benzene rings is 1. The van der Waals surface area contributed by atoms with Gasteiger partial charge in [0.15, 0.2) is 0 Å². The molecular formula is C15H24N2O2S2.